The molecule has 0 bridgehead atoms. The minimum Gasteiger partial charge on any atom is -0.409 e. The van der Waals surface area contributed by atoms with Crippen LogP contribution in [0.1, 0.15) is 38.7 Å². The molecule has 0 saturated carbocycles. The summed E-state index contributed by atoms with van der Waals surface area (Å²) in [6.45, 7) is 3.97. The molecule has 2 atom stereocenters. The fourth-order valence-electron chi connectivity index (χ4n) is 2.89. The molecule has 110 valence electrons. The lowest BCUT2D eigenvalue weighted by Crippen LogP contribution is -2.35. The molecule has 1 heterocycles. The average Bonchev–Trinajstić information content (AvgIpc) is 2.78. The highest BCUT2D eigenvalue weighted by Crippen LogP contribution is 2.35. The van der Waals surface area contributed by atoms with Gasteiger partial charge in [-0.05, 0) is 38.3 Å². The molecular weight excluding hydrogens is 264 g/mol. The van der Waals surface area contributed by atoms with Crippen LogP contribution in [0.25, 0.3) is 0 Å². The van der Waals surface area contributed by atoms with Gasteiger partial charge in [0.25, 0.3) is 0 Å². The number of rotatable bonds is 3. The summed E-state index contributed by atoms with van der Waals surface area (Å²) < 4.78 is 28.5. The molecule has 1 aliphatic heterocycles. The van der Waals surface area contributed by atoms with E-state index in [1.165, 1.54) is 0 Å². The van der Waals surface area contributed by atoms with Crippen molar-refractivity contribution in [2.75, 3.05) is 4.90 Å². The maximum Gasteiger partial charge on any atom is 0.170 e. The Kier molecular flexibility index (Phi) is 4.11. The number of hydrogen-bond acceptors (Lipinski definition) is 3. The molecule has 0 spiro atoms. The summed E-state index contributed by atoms with van der Waals surface area (Å²) in [5.41, 5.74) is 5.39. The number of halogens is 2. The van der Waals surface area contributed by atoms with E-state index in [9.17, 15) is 8.78 Å². The predicted molar refractivity (Wildman–Crippen MR) is 74.1 cm³/mol. The Morgan fingerprint density at radius 3 is 2.50 bits per heavy atom. The summed E-state index contributed by atoms with van der Waals surface area (Å²) in [7, 11) is 0. The van der Waals surface area contributed by atoms with E-state index in [1.54, 1.807) is 4.90 Å². The fraction of sp³-hybridized carbons (Fsp3) is 0.500. The minimum atomic E-state index is -0.682. The van der Waals surface area contributed by atoms with E-state index in [1.807, 2.05) is 13.8 Å². The third-order valence-electron chi connectivity index (χ3n) is 3.94. The van der Waals surface area contributed by atoms with Gasteiger partial charge in [-0.2, -0.15) is 0 Å². The van der Waals surface area contributed by atoms with Crippen molar-refractivity contribution in [1.82, 2.24) is 0 Å². The third kappa shape index (κ3) is 2.42. The van der Waals surface area contributed by atoms with Crippen molar-refractivity contribution in [2.24, 2.45) is 10.9 Å². The molecule has 1 fully saturated rings. The van der Waals surface area contributed by atoms with E-state index >= 15 is 0 Å². The van der Waals surface area contributed by atoms with Crippen LogP contribution in [-0.2, 0) is 0 Å². The number of hydrogen-bond donors (Lipinski definition) is 2. The monoisotopic (exact) mass is 283 g/mol. The molecule has 2 unspecified atom stereocenters. The summed E-state index contributed by atoms with van der Waals surface area (Å²) in [6.07, 6.45) is 2.68. The quantitative estimate of drug-likeness (QED) is 0.388. The highest BCUT2D eigenvalue weighted by Gasteiger charge is 2.33. The van der Waals surface area contributed by atoms with Gasteiger partial charge < -0.3 is 15.8 Å². The molecule has 2 rings (SSSR count). The molecule has 0 amide bonds. The molecule has 1 aromatic rings. The second-order valence-electron chi connectivity index (χ2n) is 5.17. The fourth-order valence-corrected chi connectivity index (χ4v) is 2.89. The molecule has 6 heteroatoms. The minimum absolute atomic E-state index is 0.0173. The van der Waals surface area contributed by atoms with Crippen LogP contribution < -0.4 is 10.6 Å². The van der Waals surface area contributed by atoms with Gasteiger partial charge in [0.2, 0.25) is 0 Å². The summed E-state index contributed by atoms with van der Waals surface area (Å²) in [4.78, 5) is 1.81. The van der Waals surface area contributed by atoms with E-state index in [4.69, 9.17) is 10.9 Å². The Labute approximate surface area is 116 Å². The summed E-state index contributed by atoms with van der Waals surface area (Å²) in [6, 6.07) is 2.44. The standard InChI is InChI=1S/C14H19F2N3O/c1-3-10-5-4-8(2)19(10)13-11(15)6-9(7-12(13)16)14(17)18-20/h6-8,10,20H,3-5H2,1-2H3,(H2,17,18). The number of nitrogens with two attached hydrogens (primary N) is 1. The van der Waals surface area contributed by atoms with E-state index in [-0.39, 0.29) is 29.2 Å². The van der Waals surface area contributed by atoms with Gasteiger partial charge in [0, 0.05) is 17.6 Å². The van der Waals surface area contributed by atoms with Gasteiger partial charge in [0.15, 0.2) is 5.84 Å². The van der Waals surface area contributed by atoms with Gasteiger partial charge in [-0.15, -0.1) is 0 Å². The maximum atomic E-state index is 14.3. The largest absolute Gasteiger partial charge is 0.409 e. The number of amidine groups is 1. The molecule has 0 aliphatic carbocycles. The first kappa shape index (κ1) is 14.6. The Balaban J connectivity index is 2.47. The van der Waals surface area contributed by atoms with Crippen LogP contribution >= 0.6 is 0 Å². The number of benzene rings is 1. The Morgan fingerprint density at radius 1 is 1.40 bits per heavy atom. The first-order valence-electron chi connectivity index (χ1n) is 6.74. The second-order valence-corrected chi connectivity index (χ2v) is 5.17. The normalized spacial score (nSPS) is 23.4. The molecular formula is C14H19F2N3O. The lowest BCUT2D eigenvalue weighted by atomic mass is 10.1. The van der Waals surface area contributed by atoms with Gasteiger partial charge >= 0.3 is 0 Å². The van der Waals surface area contributed by atoms with Crippen LogP contribution in [0.2, 0.25) is 0 Å². The van der Waals surface area contributed by atoms with E-state index in [0.717, 1.165) is 31.4 Å². The first-order valence-corrected chi connectivity index (χ1v) is 6.74. The zero-order valence-electron chi connectivity index (χ0n) is 11.6. The molecule has 4 nitrogen and oxygen atoms in total. The van der Waals surface area contributed by atoms with Crippen molar-refractivity contribution in [1.29, 1.82) is 0 Å². The number of anilines is 1. The van der Waals surface area contributed by atoms with Gasteiger partial charge in [-0.25, -0.2) is 8.78 Å². The average molecular weight is 283 g/mol. The molecule has 1 saturated heterocycles. The topological polar surface area (TPSA) is 61.8 Å². The number of nitrogens with zero attached hydrogens (tertiary/aromatic N) is 2. The molecule has 1 aromatic carbocycles. The van der Waals surface area contributed by atoms with Crippen LogP contribution in [0.3, 0.4) is 0 Å². The van der Waals surface area contributed by atoms with Crippen molar-refractivity contribution < 1.29 is 14.0 Å². The molecule has 1 aliphatic rings. The van der Waals surface area contributed by atoms with Gasteiger partial charge in [0.1, 0.15) is 17.3 Å². The lowest BCUT2D eigenvalue weighted by Gasteiger charge is -2.31. The zero-order valence-corrected chi connectivity index (χ0v) is 11.6. The van der Waals surface area contributed by atoms with Crippen LogP contribution in [0.4, 0.5) is 14.5 Å². The summed E-state index contributed by atoms with van der Waals surface area (Å²) >= 11 is 0. The summed E-state index contributed by atoms with van der Waals surface area (Å²) in [5, 5.41) is 11.3. The molecule has 20 heavy (non-hydrogen) atoms. The van der Waals surface area contributed by atoms with E-state index in [0.29, 0.717) is 0 Å². The van der Waals surface area contributed by atoms with Crippen molar-refractivity contribution >= 4 is 11.5 Å². The Hall–Kier alpha value is -1.85. The Bertz CT molecular complexity index is 510. The molecule has 3 N–H and O–H groups in total. The van der Waals surface area contributed by atoms with Gasteiger partial charge in [-0.3, -0.25) is 0 Å². The SMILES string of the molecule is CCC1CCC(C)N1c1c(F)cc(C(N)=NO)cc1F. The highest BCUT2D eigenvalue weighted by atomic mass is 19.1. The number of oxime groups is 1. The first-order chi connectivity index (χ1) is 9.49. The lowest BCUT2D eigenvalue weighted by molar-refractivity contribution is 0.318. The van der Waals surface area contributed by atoms with Crippen LogP contribution in [-0.4, -0.2) is 23.1 Å². The van der Waals surface area contributed by atoms with Crippen LogP contribution in [0.15, 0.2) is 17.3 Å². The summed E-state index contributed by atoms with van der Waals surface area (Å²) in [5.74, 6) is -1.67. The van der Waals surface area contributed by atoms with E-state index < -0.39 is 11.6 Å². The molecule has 0 radical (unpaired) electrons. The van der Waals surface area contributed by atoms with Crippen molar-refractivity contribution in [2.45, 2.75) is 45.2 Å². The Morgan fingerprint density at radius 2 is 2.00 bits per heavy atom. The van der Waals surface area contributed by atoms with E-state index in [2.05, 4.69) is 5.16 Å². The predicted octanol–water partition coefficient (Wildman–Crippen LogP) is 2.83. The van der Waals surface area contributed by atoms with Crippen molar-refractivity contribution in [3.63, 3.8) is 0 Å². The van der Waals surface area contributed by atoms with Gasteiger partial charge in [0.05, 0.1) is 0 Å². The zero-order chi connectivity index (χ0) is 14.9. The second kappa shape index (κ2) is 5.64. The van der Waals surface area contributed by atoms with Gasteiger partial charge in [-0.1, -0.05) is 12.1 Å². The smallest absolute Gasteiger partial charge is 0.170 e. The third-order valence-corrected chi connectivity index (χ3v) is 3.94. The van der Waals surface area contributed by atoms with Crippen LogP contribution in [0, 0.1) is 11.6 Å². The van der Waals surface area contributed by atoms with Crippen LogP contribution in [0.5, 0.6) is 0 Å². The van der Waals surface area contributed by atoms with Crippen molar-refractivity contribution in [3.05, 3.63) is 29.3 Å². The molecule has 0 aromatic heterocycles. The highest BCUT2D eigenvalue weighted by molar-refractivity contribution is 5.97. The van der Waals surface area contributed by atoms with Crippen molar-refractivity contribution in [3.8, 4) is 0 Å². The maximum absolute atomic E-state index is 14.3.